The van der Waals surface area contributed by atoms with Gasteiger partial charge in [-0.25, -0.2) is 4.79 Å². The number of fused-ring (bicyclic) bond motifs is 1. The molecule has 0 saturated carbocycles. The molecule has 16 heavy (non-hydrogen) atoms. The van der Waals surface area contributed by atoms with Crippen molar-refractivity contribution < 1.29 is 9.53 Å². The maximum Gasteiger partial charge on any atom is 0.328 e. The van der Waals surface area contributed by atoms with Gasteiger partial charge in [0, 0.05) is 5.39 Å². The summed E-state index contributed by atoms with van der Waals surface area (Å²) < 4.78 is 4.57. The highest BCUT2D eigenvalue weighted by molar-refractivity contribution is 5.81. The van der Waals surface area contributed by atoms with Gasteiger partial charge in [0.15, 0.2) is 0 Å². The van der Waals surface area contributed by atoms with Gasteiger partial charge < -0.3 is 10.5 Å². The summed E-state index contributed by atoms with van der Waals surface area (Å²) in [6, 6.07) is 10.5. The fourth-order valence-corrected chi connectivity index (χ4v) is 1.50. The molecule has 0 radical (unpaired) electrons. The molecule has 0 bridgehead atoms. The van der Waals surface area contributed by atoms with Crippen molar-refractivity contribution in [2.24, 2.45) is 5.73 Å². The van der Waals surface area contributed by atoms with Crippen molar-refractivity contribution >= 4 is 16.9 Å². The van der Waals surface area contributed by atoms with Crippen molar-refractivity contribution in [1.29, 1.82) is 0 Å². The average molecular weight is 216 g/mol. The van der Waals surface area contributed by atoms with E-state index in [9.17, 15) is 4.79 Å². The van der Waals surface area contributed by atoms with Crippen LogP contribution in [0.4, 0.5) is 0 Å². The topological polar surface area (TPSA) is 65.2 Å². The van der Waals surface area contributed by atoms with E-state index in [4.69, 9.17) is 5.73 Å². The monoisotopic (exact) mass is 216 g/mol. The summed E-state index contributed by atoms with van der Waals surface area (Å²) >= 11 is 0. The van der Waals surface area contributed by atoms with Crippen LogP contribution in [0.3, 0.4) is 0 Å². The number of hydrogen-bond acceptors (Lipinski definition) is 4. The lowest BCUT2D eigenvalue weighted by molar-refractivity contribution is -0.142. The number of pyridine rings is 1. The molecule has 2 aromatic rings. The third-order valence-corrected chi connectivity index (χ3v) is 2.39. The number of para-hydroxylation sites is 1. The summed E-state index contributed by atoms with van der Waals surface area (Å²) in [5.74, 6) is -0.484. The van der Waals surface area contributed by atoms with Crippen LogP contribution in [-0.4, -0.2) is 18.1 Å². The maximum atomic E-state index is 11.3. The minimum Gasteiger partial charge on any atom is -0.468 e. The predicted octanol–water partition coefficient (Wildman–Crippen LogP) is 1.41. The summed E-state index contributed by atoms with van der Waals surface area (Å²) in [5.41, 5.74) is 7.04. The smallest absolute Gasteiger partial charge is 0.328 e. The molecule has 2 rings (SSSR count). The number of benzene rings is 1. The third kappa shape index (κ3) is 1.87. The van der Waals surface area contributed by atoms with Crippen LogP contribution in [0.15, 0.2) is 36.4 Å². The lowest BCUT2D eigenvalue weighted by Crippen LogP contribution is -2.23. The van der Waals surface area contributed by atoms with E-state index in [1.165, 1.54) is 7.11 Å². The highest BCUT2D eigenvalue weighted by Gasteiger charge is 2.17. The Morgan fingerprint density at radius 2 is 2.06 bits per heavy atom. The summed E-state index contributed by atoms with van der Waals surface area (Å²) in [6.07, 6.45) is 0. The molecule has 1 aromatic carbocycles. The molecule has 1 heterocycles. The number of nitrogens with two attached hydrogens (primary N) is 1. The standard InChI is InChI=1S/C12H12N2O2/c1-16-12(15)11(13)10-7-6-8-4-2-3-5-9(8)14-10/h2-7,11H,13H2,1H3/t11-/m1/s1. The number of rotatable bonds is 2. The van der Waals surface area contributed by atoms with Crippen LogP contribution in [0.2, 0.25) is 0 Å². The van der Waals surface area contributed by atoms with E-state index in [0.29, 0.717) is 5.69 Å². The first-order valence-electron chi connectivity index (χ1n) is 4.91. The molecular formula is C12H12N2O2. The Labute approximate surface area is 93.0 Å². The van der Waals surface area contributed by atoms with E-state index in [-0.39, 0.29) is 0 Å². The number of carbonyl (C=O) groups excluding carboxylic acids is 1. The fourth-order valence-electron chi connectivity index (χ4n) is 1.50. The van der Waals surface area contributed by atoms with Gasteiger partial charge in [0.05, 0.1) is 18.3 Å². The summed E-state index contributed by atoms with van der Waals surface area (Å²) in [7, 11) is 1.31. The Kier molecular flexibility index (Phi) is 2.83. The van der Waals surface area contributed by atoms with Crippen LogP contribution in [0.5, 0.6) is 0 Å². The Hall–Kier alpha value is -1.94. The van der Waals surface area contributed by atoms with Gasteiger partial charge in [-0.1, -0.05) is 24.3 Å². The lowest BCUT2D eigenvalue weighted by Gasteiger charge is -2.09. The normalized spacial score (nSPS) is 12.4. The Morgan fingerprint density at radius 1 is 1.31 bits per heavy atom. The minimum absolute atomic E-state index is 0.484. The van der Waals surface area contributed by atoms with E-state index in [1.807, 2.05) is 30.3 Å². The van der Waals surface area contributed by atoms with Crippen LogP contribution < -0.4 is 5.73 Å². The lowest BCUT2D eigenvalue weighted by atomic mass is 10.1. The number of ether oxygens (including phenoxy) is 1. The van der Waals surface area contributed by atoms with Crippen LogP contribution in [0.25, 0.3) is 10.9 Å². The molecule has 0 fully saturated rings. The van der Waals surface area contributed by atoms with Gasteiger partial charge in [-0.15, -0.1) is 0 Å². The van der Waals surface area contributed by atoms with Gasteiger partial charge in [0.25, 0.3) is 0 Å². The molecule has 0 saturated heterocycles. The van der Waals surface area contributed by atoms with Crippen molar-refractivity contribution in [3.63, 3.8) is 0 Å². The number of aromatic nitrogens is 1. The van der Waals surface area contributed by atoms with E-state index < -0.39 is 12.0 Å². The van der Waals surface area contributed by atoms with Crippen molar-refractivity contribution in [3.05, 3.63) is 42.1 Å². The molecule has 1 atom stereocenters. The molecule has 4 heteroatoms. The van der Waals surface area contributed by atoms with E-state index in [0.717, 1.165) is 10.9 Å². The second kappa shape index (κ2) is 4.28. The van der Waals surface area contributed by atoms with Gasteiger partial charge in [0.2, 0.25) is 0 Å². The summed E-state index contributed by atoms with van der Waals surface area (Å²) in [6.45, 7) is 0. The van der Waals surface area contributed by atoms with Gasteiger partial charge in [0.1, 0.15) is 6.04 Å². The molecule has 0 aliphatic heterocycles. The van der Waals surface area contributed by atoms with Crippen LogP contribution in [0.1, 0.15) is 11.7 Å². The Bertz CT molecular complexity index is 525. The highest BCUT2D eigenvalue weighted by Crippen LogP contribution is 2.15. The second-order valence-corrected chi connectivity index (χ2v) is 3.43. The molecule has 4 nitrogen and oxygen atoms in total. The molecule has 2 N–H and O–H groups in total. The van der Waals surface area contributed by atoms with Crippen molar-refractivity contribution in [1.82, 2.24) is 4.98 Å². The number of esters is 1. The first-order chi connectivity index (χ1) is 7.72. The van der Waals surface area contributed by atoms with E-state index in [1.54, 1.807) is 6.07 Å². The highest BCUT2D eigenvalue weighted by atomic mass is 16.5. The fraction of sp³-hybridized carbons (Fsp3) is 0.167. The number of nitrogens with zero attached hydrogens (tertiary/aromatic N) is 1. The van der Waals surface area contributed by atoms with Gasteiger partial charge >= 0.3 is 5.97 Å². The zero-order valence-corrected chi connectivity index (χ0v) is 8.88. The largest absolute Gasteiger partial charge is 0.468 e. The number of carbonyl (C=O) groups is 1. The molecule has 0 spiro atoms. The molecule has 0 unspecified atom stereocenters. The van der Waals surface area contributed by atoms with Crippen molar-refractivity contribution in [3.8, 4) is 0 Å². The van der Waals surface area contributed by atoms with E-state index >= 15 is 0 Å². The first kappa shape index (κ1) is 10.6. The second-order valence-electron chi connectivity index (χ2n) is 3.43. The molecular weight excluding hydrogens is 204 g/mol. The van der Waals surface area contributed by atoms with Gasteiger partial charge in [-0.2, -0.15) is 0 Å². The summed E-state index contributed by atoms with van der Waals surface area (Å²) in [5, 5.41) is 1.02. The third-order valence-electron chi connectivity index (χ3n) is 2.39. The quantitative estimate of drug-likeness (QED) is 0.771. The van der Waals surface area contributed by atoms with Crippen molar-refractivity contribution in [2.45, 2.75) is 6.04 Å². The Morgan fingerprint density at radius 3 is 2.81 bits per heavy atom. The molecule has 1 aromatic heterocycles. The predicted molar refractivity (Wildman–Crippen MR) is 60.7 cm³/mol. The zero-order chi connectivity index (χ0) is 11.5. The molecule has 82 valence electrons. The average Bonchev–Trinajstić information content (AvgIpc) is 2.36. The molecule has 0 aliphatic carbocycles. The van der Waals surface area contributed by atoms with Crippen LogP contribution in [0, 0.1) is 0 Å². The maximum absolute atomic E-state index is 11.3. The number of hydrogen-bond donors (Lipinski definition) is 1. The van der Waals surface area contributed by atoms with E-state index in [2.05, 4.69) is 9.72 Å². The SMILES string of the molecule is COC(=O)[C@H](N)c1ccc2ccccc2n1. The van der Waals surface area contributed by atoms with Gasteiger partial charge in [-0.3, -0.25) is 4.98 Å². The zero-order valence-electron chi connectivity index (χ0n) is 8.88. The molecule has 0 aliphatic rings. The van der Waals surface area contributed by atoms with Crippen LogP contribution in [-0.2, 0) is 9.53 Å². The first-order valence-corrected chi connectivity index (χ1v) is 4.91. The number of methoxy groups -OCH3 is 1. The molecule has 0 amide bonds. The summed E-state index contributed by atoms with van der Waals surface area (Å²) in [4.78, 5) is 15.6. The van der Waals surface area contributed by atoms with Crippen LogP contribution >= 0.6 is 0 Å². The van der Waals surface area contributed by atoms with Gasteiger partial charge in [-0.05, 0) is 12.1 Å². The minimum atomic E-state index is -0.824. The Balaban J connectivity index is 2.43. The van der Waals surface area contributed by atoms with Crippen molar-refractivity contribution in [2.75, 3.05) is 7.11 Å².